The molecule has 0 fully saturated rings. The van der Waals surface area contributed by atoms with E-state index >= 15 is 0 Å². The van der Waals surface area contributed by atoms with Crippen molar-refractivity contribution < 1.29 is 14.2 Å². The molecule has 3 aromatic carbocycles. The van der Waals surface area contributed by atoms with Crippen molar-refractivity contribution in [2.24, 2.45) is 5.10 Å². The number of hydrazone groups is 1. The van der Waals surface area contributed by atoms with Gasteiger partial charge >= 0.3 is 0 Å². The Balaban J connectivity index is 1.38. The van der Waals surface area contributed by atoms with Crippen molar-refractivity contribution in [2.45, 2.75) is 58.2 Å². The van der Waals surface area contributed by atoms with Crippen molar-refractivity contribution in [1.82, 2.24) is 5.01 Å². The van der Waals surface area contributed by atoms with Crippen molar-refractivity contribution in [3.05, 3.63) is 89.5 Å². The number of benzene rings is 3. The highest BCUT2D eigenvalue weighted by atomic mass is 16.5. The minimum absolute atomic E-state index is 0.140. The van der Waals surface area contributed by atoms with Gasteiger partial charge in [-0.3, -0.25) is 0 Å². The van der Waals surface area contributed by atoms with E-state index in [0.29, 0.717) is 0 Å². The third-order valence-electron chi connectivity index (χ3n) is 6.59. The van der Waals surface area contributed by atoms with Gasteiger partial charge in [0.2, 0.25) is 6.23 Å². The highest BCUT2D eigenvalue weighted by molar-refractivity contribution is 6.02. The molecule has 5 heteroatoms. The molecule has 2 aliphatic heterocycles. The predicted molar refractivity (Wildman–Crippen MR) is 139 cm³/mol. The van der Waals surface area contributed by atoms with Crippen LogP contribution in [-0.4, -0.2) is 23.9 Å². The SMILES string of the molecule is CCCCOc1ccc(C2=NN3[C@H](C2)c2ccccc2O[C@H]3c2ccc(OCCCC)cc2)cc1. The summed E-state index contributed by atoms with van der Waals surface area (Å²) in [5.74, 6) is 2.73. The topological polar surface area (TPSA) is 43.3 Å². The molecular formula is C30H34N2O3. The fourth-order valence-electron chi connectivity index (χ4n) is 4.57. The van der Waals surface area contributed by atoms with Gasteiger partial charge in [0.15, 0.2) is 0 Å². The van der Waals surface area contributed by atoms with E-state index in [-0.39, 0.29) is 12.3 Å². The molecule has 5 nitrogen and oxygen atoms in total. The molecule has 0 saturated carbocycles. The molecule has 0 aromatic heterocycles. The summed E-state index contributed by atoms with van der Waals surface area (Å²) in [5.41, 5.74) is 4.44. The van der Waals surface area contributed by atoms with E-state index < -0.39 is 0 Å². The maximum Gasteiger partial charge on any atom is 0.213 e. The number of hydrogen-bond donors (Lipinski definition) is 0. The second-order valence-electron chi connectivity index (χ2n) is 9.15. The van der Waals surface area contributed by atoms with Crippen molar-refractivity contribution in [3.63, 3.8) is 0 Å². The normalized spacial score (nSPS) is 18.3. The Morgan fingerprint density at radius 2 is 1.46 bits per heavy atom. The predicted octanol–water partition coefficient (Wildman–Crippen LogP) is 7.29. The van der Waals surface area contributed by atoms with Crippen LogP contribution >= 0.6 is 0 Å². The van der Waals surface area contributed by atoms with E-state index in [4.69, 9.17) is 19.3 Å². The average Bonchev–Trinajstić information content (AvgIpc) is 3.35. The molecule has 35 heavy (non-hydrogen) atoms. The fourth-order valence-corrected chi connectivity index (χ4v) is 4.57. The van der Waals surface area contributed by atoms with Gasteiger partial charge in [-0.15, -0.1) is 0 Å². The van der Waals surface area contributed by atoms with Crippen LogP contribution in [0.25, 0.3) is 0 Å². The molecule has 0 N–H and O–H groups in total. The van der Waals surface area contributed by atoms with Crippen molar-refractivity contribution in [2.75, 3.05) is 13.2 Å². The second-order valence-corrected chi connectivity index (χ2v) is 9.15. The van der Waals surface area contributed by atoms with E-state index in [2.05, 4.69) is 61.3 Å². The smallest absolute Gasteiger partial charge is 0.213 e. The maximum atomic E-state index is 6.49. The van der Waals surface area contributed by atoms with Gasteiger partial charge in [-0.1, -0.05) is 44.9 Å². The van der Waals surface area contributed by atoms with Crippen molar-refractivity contribution in [1.29, 1.82) is 0 Å². The molecular weight excluding hydrogens is 436 g/mol. The van der Waals surface area contributed by atoms with Crippen molar-refractivity contribution >= 4 is 5.71 Å². The first-order valence-corrected chi connectivity index (χ1v) is 12.8. The lowest BCUT2D eigenvalue weighted by atomic mass is 9.96. The molecule has 0 aliphatic carbocycles. The van der Waals surface area contributed by atoms with Crippen LogP contribution in [0.15, 0.2) is 77.9 Å². The Bertz CT molecular complexity index is 1140. The standard InChI is InChI=1S/C30H34N2O3/c1-3-5-19-33-24-15-11-22(12-16-24)27-21-28-26-9-7-8-10-29(26)35-30(32(28)31-27)23-13-17-25(18-14-23)34-20-6-4-2/h7-18,28,30H,3-6,19-21H2,1-2H3/t28-,30+/m1/s1. The van der Waals surface area contributed by atoms with Gasteiger partial charge in [0.1, 0.15) is 17.2 Å². The summed E-state index contributed by atoms with van der Waals surface area (Å²) in [6.45, 7) is 5.84. The second kappa shape index (κ2) is 10.9. The highest BCUT2D eigenvalue weighted by Gasteiger charge is 2.40. The van der Waals surface area contributed by atoms with Gasteiger partial charge in [-0.2, -0.15) is 5.10 Å². The fraction of sp³-hybridized carbons (Fsp3) is 0.367. The zero-order valence-electron chi connectivity index (χ0n) is 20.7. The Hall–Kier alpha value is -3.47. The summed E-state index contributed by atoms with van der Waals surface area (Å²) in [4.78, 5) is 0. The minimum Gasteiger partial charge on any atom is -0.494 e. The summed E-state index contributed by atoms with van der Waals surface area (Å²) in [6.07, 6.45) is 4.93. The van der Waals surface area contributed by atoms with Crippen LogP contribution in [0.3, 0.4) is 0 Å². The zero-order valence-corrected chi connectivity index (χ0v) is 20.7. The molecule has 0 radical (unpaired) electrons. The van der Waals surface area contributed by atoms with Crippen LogP contribution in [0.2, 0.25) is 0 Å². The van der Waals surface area contributed by atoms with Gasteiger partial charge in [0.05, 0.1) is 25.0 Å². The molecule has 182 valence electrons. The molecule has 0 amide bonds. The minimum atomic E-state index is -0.284. The highest BCUT2D eigenvalue weighted by Crippen LogP contribution is 2.47. The van der Waals surface area contributed by atoms with Gasteiger partial charge in [0, 0.05) is 17.5 Å². The van der Waals surface area contributed by atoms with Crippen LogP contribution in [0.1, 0.15) is 74.9 Å². The molecule has 2 aliphatic rings. The Morgan fingerprint density at radius 1 is 0.829 bits per heavy atom. The first-order chi connectivity index (χ1) is 17.3. The number of hydrogen-bond acceptors (Lipinski definition) is 5. The first kappa shape index (κ1) is 23.3. The Kier molecular flexibility index (Phi) is 7.22. The number of para-hydroxylation sites is 1. The first-order valence-electron chi connectivity index (χ1n) is 12.8. The van der Waals surface area contributed by atoms with E-state index in [1.54, 1.807) is 0 Å². The lowest BCUT2D eigenvalue weighted by Crippen LogP contribution is -2.33. The van der Waals surface area contributed by atoms with Crippen LogP contribution in [0.4, 0.5) is 0 Å². The zero-order chi connectivity index (χ0) is 24.0. The third-order valence-corrected chi connectivity index (χ3v) is 6.59. The lowest BCUT2D eigenvalue weighted by Gasteiger charge is -2.38. The van der Waals surface area contributed by atoms with E-state index in [0.717, 1.165) is 79.4 Å². The van der Waals surface area contributed by atoms with Crippen LogP contribution < -0.4 is 14.2 Å². The van der Waals surface area contributed by atoms with Crippen LogP contribution in [-0.2, 0) is 0 Å². The lowest BCUT2D eigenvalue weighted by molar-refractivity contribution is -0.0190. The Morgan fingerprint density at radius 3 is 2.11 bits per heavy atom. The largest absolute Gasteiger partial charge is 0.494 e. The number of ether oxygens (including phenoxy) is 3. The van der Waals surface area contributed by atoms with Crippen LogP contribution in [0, 0.1) is 0 Å². The molecule has 2 atom stereocenters. The third kappa shape index (κ3) is 5.14. The summed E-state index contributed by atoms with van der Waals surface area (Å²) in [7, 11) is 0. The monoisotopic (exact) mass is 470 g/mol. The van der Waals surface area contributed by atoms with Gasteiger partial charge < -0.3 is 14.2 Å². The number of unbranched alkanes of at least 4 members (excludes halogenated alkanes) is 2. The molecule has 0 unspecified atom stereocenters. The van der Waals surface area contributed by atoms with Gasteiger partial charge in [0.25, 0.3) is 0 Å². The average molecular weight is 471 g/mol. The van der Waals surface area contributed by atoms with Gasteiger partial charge in [-0.25, -0.2) is 5.01 Å². The quantitative estimate of drug-likeness (QED) is 0.292. The maximum absolute atomic E-state index is 6.49. The summed E-state index contributed by atoms with van der Waals surface area (Å²) < 4.78 is 18.2. The van der Waals surface area contributed by atoms with E-state index in [9.17, 15) is 0 Å². The molecule has 0 spiro atoms. The number of rotatable bonds is 10. The molecule has 0 saturated heterocycles. The van der Waals surface area contributed by atoms with Crippen LogP contribution in [0.5, 0.6) is 17.2 Å². The molecule has 2 heterocycles. The van der Waals surface area contributed by atoms with Crippen molar-refractivity contribution in [3.8, 4) is 17.2 Å². The molecule has 0 bridgehead atoms. The summed E-state index contributed by atoms with van der Waals surface area (Å²) in [5, 5.41) is 7.20. The Labute approximate surface area is 208 Å². The summed E-state index contributed by atoms with van der Waals surface area (Å²) >= 11 is 0. The summed E-state index contributed by atoms with van der Waals surface area (Å²) in [6, 6.07) is 25.0. The molecule has 3 aromatic rings. The number of fused-ring (bicyclic) bond motifs is 3. The number of nitrogens with zero attached hydrogens (tertiary/aromatic N) is 2. The van der Waals surface area contributed by atoms with E-state index in [1.165, 1.54) is 5.56 Å². The van der Waals surface area contributed by atoms with E-state index in [1.807, 2.05) is 30.3 Å². The molecule has 5 rings (SSSR count). The van der Waals surface area contributed by atoms with Gasteiger partial charge in [-0.05, 0) is 73.0 Å².